The lowest BCUT2D eigenvalue weighted by Crippen LogP contribution is -2.09. The number of benzene rings is 1. The molecule has 1 atom stereocenters. The van der Waals surface area contributed by atoms with Gasteiger partial charge in [-0.2, -0.15) is 0 Å². The van der Waals surface area contributed by atoms with Crippen LogP contribution in [0.3, 0.4) is 0 Å². The molecule has 1 N–H and O–H groups in total. The second-order valence-corrected chi connectivity index (χ2v) is 3.82. The van der Waals surface area contributed by atoms with Crippen LogP contribution in [0.5, 0.6) is 5.75 Å². The van der Waals surface area contributed by atoms with Gasteiger partial charge in [0, 0.05) is 7.11 Å². The lowest BCUT2D eigenvalue weighted by Gasteiger charge is -2.21. The highest BCUT2D eigenvalue weighted by Crippen LogP contribution is 2.31. The molecule has 0 saturated heterocycles. The minimum atomic E-state index is -0.301. The minimum Gasteiger partial charge on any atom is -0.468 e. The molecule has 1 aliphatic carbocycles. The van der Waals surface area contributed by atoms with E-state index in [1.54, 1.807) is 7.11 Å². The molecule has 15 heavy (non-hydrogen) atoms. The Morgan fingerprint density at radius 3 is 3.13 bits per heavy atom. The first-order valence-corrected chi connectivity index (χ1v) is 5.24. The maximum atomic E-state index is 9.76. The summed E-state index contributed by atoms with van der Waals surface area (Å²) >= 11 is 0. The molecular formula is C12H16O3. The van der Waals surface area contributed by atoms with Crippen molar-refractivity contribution in [1.82, 2.24) is 0 Å². The zero-order chi connectivity index (χ0) is 10.7. The molecule has 0 amide bonds. The Balaban J connectivity index is 2.18. The Labute approximate surface area is 89.6 Å². The van der Waals surface area contributed by atoms with E-state index in [4.69, 9.17) is 9.47 Å². The molecule has 0 fully saturated rings. The van der Waals surface area contributed by atoms with Crippen molar-refractivity contribution in [3.8, 4) is 5.75 Å². The SMILES string of the molecule is COCOc1ccc2c(c1)CCCC2O. The van der Waals surface area contributed by atoms with Gasteiger partial charge >= 0.3 is 0 Å². The fourth-order valence-corrected chi connectivity index (χ4v) is 1.98. The van der Waals surface area contributed by atoms with Crippen molar-refractivity contribution in [2.75, 3.05) is 13.9 Å². The van der Waals surface area contributed by atoms with E-state index in [0.717, 1.165) is 30.6 Å². The number of rotatable bonds is 3. The largest absolute Gasteiger partial charge is 0.468 e. The Morgan fingerprint density at radius 2 is 2.33 bits per heavy atom. The van der Waals surface area contributed by atoms with Crippen LogP contribution in [0.25, 0.3) is 0 Å². The van der Waals surface area contributed by atoms with Crippen molar-refractivity contribution in [2.24, 2.45) is 0 Å². The minimum absolute atomic E-state index is 0.265. The molecule has 1 unspecified atom stereocenters. The highest BCUT2D eigenvalue weighted by Gasteiger charge is 2.17. The van der Waals surface area contributed by atoms with E-state index < -0.39 is 0 Å². The quantitative estimate of drug-likeness (QED) is 0.772. The summed E-state index contributed by atoms with van der Waals surface area (Å²) in [5.41, 5.74) is 2.24. The van der Waals surface area contributed by atoms with Crippen LogP contribution in [0, 0.1) is 0 Å². The molecule has 1 aromatic rings. The van der Waals surface area contributed by atoms with Gasteiger partial charge in [0.05, 0.1) is 6.10 Å². The van der Waals surface area contributed by atoms with Gasteiger partial charge in [0.1, 0.15) is 5.75 Å². The van der Waals surface area contributed by atoms with Gasteiger partial charge in [0.25, 0.3) is 0 Å². The van der Waals surface area contributed by atoms with Gasteiger partial charge < -0.3 is 14.6 Å². The molecule has 2 rings (SSSR count). The normalized spacial score (nSPS) is 19.7. The van der Waals surface area contributed by atoms with Crippen LogP contribution in [0.1, 0.15) is 30.1 Å². The third-order valence-corrected chi connectivity index (χ3v) is 2.74. The van der Waals surface area contributed by atoms with E-state index in [0.29, 0.717) is 0 Å². The molecular weight excluding hydrogens is 192 g/mol. The standard InChI is InChI=1S/C12H16O3/c1-14-8-15-10-5-6-11-9(7-10)3-2-4-12(11)13/h5-7,12-13H,2-4,8H2,1H3. The van der Waals surface area contributed by atoms with Crippen molar-refractivity contribution in [3.05, 3.63) is 29.3 Å². The number of aryl methyl sites for hydroxylation is 1. The monoisotopic (exact) mass is 208 g/mol. The first kappa shape index (κ1) is 10.5. The van der Waals surface area contributed by atoms with E-state index in [1.807, 2.05) is 18.2 Å². The average Bonchev–Trinajstić information content (AvgIpc) is 2.26. The molecule has 0 spiro atoms. The van der Waals surface area contributed by atoms with Crippen LogP contribution in [0.2, 0.25) is 0 Å². The molecule has 82 valence electrons. The van der Waals surface area contributed by atoms with E-state index in [-0.39, 0.29) is 12.9 Å². The van der Waals surface area contributed by atoms with Crippen LogP contribution in [-0.4, -0.2) is 19.0 Å². The summed E-state index contributed by atoms with van der Waals surface area (Å²) in [6.45, 7) is 0.265. The highest BCUT2D eigenvalue weighted by molar-refractivity contribution is 5.38. The van der Waals surface area contributed by atoms with E-state index in [1.165, 1.54) is 5.56 Å². The number of ether oxygens (including phenoxy) is 2. The molecule has 3 nitrogen and oxygen atoms in total. The van der Waals surface area contributed by atoms with Crippen molar-refractivity contribution in [1.29, 1.82) is 0 Å². The Bertz CT molecular complexity index is 336. The highest BCUT2D eigenvalue weighted by atomic mass is 16.7. The third-order valence-electron chi connectivity index (χ3n) is 2.74. The summed E-state index contributed by atoms with van der Waals surface area (Å²) in [6, 6.07) is 5.83. The molecule has 0 heterocycles. The molecule has 0 saturated carbocycles. The maximum absolute atomic E-state index is 9.76. The molecule has 0 radical (unpaired) electrons. The Morgan fingerprint density at radius 1 is 1.47 bits per heavy atom. The Kier molecular flexibility index (Phi) is 3.23. The zero-order valence-electron chi connectivity index (χ0n) is 8.90. The average molecular weight is 208 g/mol. The fraction of sp³-hybridized carbons (Fsp3) is 0.500. The van der Waals surface area contributed by atoms with Crippen LogP contribution >= 0.6 is 0 Å². The lowest BCUT2D eigenvalue weighted by molar-refractivity contribution is 0.0509. The van der Waals surface area contributed by atoms with Crippen LogP contribution in [0.4, 0.5) is 0 Å². The first-order chi connectivity index (χ1) is 7.31. The summed E-state index contributed by atoms with van der Waals surface area (Å²) < 4.78 is 10.2. The molecule has 1 aromatic carbocycles. The van der Waals surface area contributed by atoms with Crippen molar-refractivity contribution >= 4 is 0 Å². The number of methoxy groups -OCH3 is 1. The van der Waals surface area contributed by atoms with Gasteiger partial charge in [0.2, 0.25) is 0 Å². The molecule has 0 aromatic heterocycles. The van der Waals surface area contributed by atoms with Gasteiger partial charge in [-0.1, -0.05) is 6.07 Å². The first-order valence-electron chi connectivity index (χ1n) is 5.24. The van der Waals surface area contributed by atoms with Crippen LogP contribution in [-0.2, 0) is 11.2 Å². The van der Waals surface area contributed by atoms with Crippen LogP contribution in [0.15, 0.2) is 18.2 Å². The van der Waals surface area contributed by atoms with Crippen molar-refractivity contribution in [2.45, 2.75) is 25.4 Å². The van der Waals surface area contributed by atoms with E-state index in [2.05, 4.69) is 0 Å². The summed E-state index contributed by atoms with van der Waals surface area (Å²) in [4.78, 5) is 0. The summed E-state index contributed by atoms with van der Waals surface area (Å²) in [6.07, 6.45) is 2.63. The summed E-state index contributed by atoms with van der Waals surface area (Å²) in [5.74, 6) is 0.810. The van der Waals surface area contributed by atoms with Gasteiger partial charge in [-0.05, 0) is 42.5 Å². The topological polar surface area (TPSA) is 38.7 Å². The van der Waals surface area contributed by atoms with Gasteiger partial charge in [-0.15, -0.1) is 0 Å². The van der Waals surface area contributed by atoms with Gasteiger partial charge in [-0.3, -0.25) is 0 Å². The lowest BCUT2D eigenvalue weighted by atomic mass is 9.89. The predicted octanol–water partition coefficient (Wildman–Crippen LogP) is 2.04. The van der Waals surface area contributed by atoms with E-state index >= 15 is 0 Å². The number of hydrogen-bond acceptors (Lipinski definition) is 3. The Hall–Kier alpha value is -1.06. The van der Waals surface area contributed by atoms with Crippen molar-refractivity contribution < 1.29 is 14.6 Å². The second-order valence-electron chi connectivity index (χ2n) is 3.82. The smallest absolute Gasteiger partial charge is 0.188 e. The summed E-state index contributed by atoms with van der Waals surface area (Å²) in [7, 11) is 1.60. The summed E-state index contributed by atoms with van der Waals surface area (Å²) in [5, 5.41) is 9.76. The molecule has 3 heteroatoms. The predicted molar refractivity (Wildman–Crippen MR) is 56.8 cm³/mol. The second kappa shape index (κ2) is 4.64. The fourth-order valence-electron chi connectivity index (χ4n) is 1.98. The van der Waals surface area contributed by atoms with Gasteiger partial charge in [-0.25, -0.2) is 0 Å². The molecule has 1 aliphatic rings. The number of fused-ring (bicyclic) bond motifs is 1. The third kappa shape index (κ3) is 2.30. The zero-order valence-corrected chi connectivity index (χ0v) is 8.90. The maximum Gasteiger partial charge on any atom is 0.188 e. The van der Waals surface area contributed by atoms with Crippen molar-refractivity contribution in [3.63, 3.8) is 0 Å². The number of aliphatic hydroxyl groups is 1. The molecule has 0 aliphatic heterocycles. The number of hydrogen-bond donors (Lipinski definition) is 1. The van der Waals surface area contributed by atoms with Crippen LogP contribution < -0.4 is 4.74 Å². The van der Waals surface area contributed by atoms with E-state index in [9.17, 15) is 5.11 Å². The molecule has 0 bridgehead atoms. The number of aliphatic hydroxyl groups excluding tert-OH is 1. The van der Waals surface area contributed by atoms with Gasteiger partial charge in [0.15, 0.2) is 6.79 Å².